The third kappa shape index (κ3) is 7.37. The zero-order valence-corrected chi connectivity index (χ0v) is 23.8. The first-order valence-electron chi connectivity index (χ1n) is 12.3. The number of aliphatic carboxylic acids is 1. The molecule has 1 radical (unpaired) electrons. The summed E-state index contributed by atoms with van der Waals surface area (Å²) in [5, 5.41) is 8.89. The largest absolute Gasteiger partial charge is 1.00 e. The van der Waals surface area contributed by atoms with Gasteiger partial charge in [0.1, 0.15) is 6.67 Å². The summed E-state index contributed by atoms with van der Waals surface area (Å²) in [7, 11) is 0. The number of carbonyl (C=O) groups excluding carboxylic acids is 1. The van der Waals surface area contributed by atoms with Gasteiger partial charge in [-0.05, 0) is 52.8 Å². The van der Waals surface area contributed by atoms with Gasteiger partial charge in [0.2, 0.25) is 0 Å². The van der Waals surface area contributed by atoms with E-state index in [1.165, 1.54) is 33.6 Å². The SMILES string of the molecule is CC(=O)[O-].CC(C)c1cccc(C(C)C)c1N1[CH]N(c2c(C(C)C)cccc2C(C)C)CC1.[Ag+]. The molecule has 0 spiro atoms. The minimum Gasteiger partial charge on any atom is -0.550 e. The van der Waals surface area contributed by atoms with Crippen LogP contribution < -0.4 is 14.9 Å². The second kappa shape index (κ2) is 13.4. The summed E-state index contributed by atoms with van der Waals surface area (Å²) in [6.07, 6.45) is 0. The van der Waals surface area contributed by atoms with Crippen LogP contribution in [0.15, 0.2) is 36.4 Å². The van der Waals surface area contributed by atoms with E-state index in [0.29, 0.717) is 23.7 Å². The van der Waals surface area contributed by atoms with Gasteiger partial charge in [0, 0.05) is 30.4 Å². The Morgan fingerprint density at radius 3 is 1.12 bits per heavy atom. The molecule has 2 aromatic carbocycles. The third-order valence-corrected chi connectivity index (χ3v) is 6.12. The number of anilines is 2. The van der Waals surface area contributed by atoms with Gasteiger partial charge in [-0.3, -0.25) is 0 Å². The summed E-state index contributed by atoms with van der Waals surface area (Å²) in [5.41, 5.74) is 8.67. The maximum Gasteiger partial charge on any atom is 1.00 e. The van der Waals surface area contributed by atoms with Crippen molar-refractivity contribution < 1.29 is 32.3 Å². The standard InChI is InChI=1S/C27H39N2.C2H4O2.Ag/c1-18(2)22-11-9-12-23(19(3)4)26(22)28-15-16-29(17-28)27-24(20(5)6)13-10-14-25(27)21(7)8;1-2(3)4;/h9-14,17-21H,15-16H2,1-8H3;1H3,(H,3,4);/q;;+1/p-1. The average molecular weight is 559 g/mol. The van der Waals surface area contributed by atoms with Gasteiger partial charge in [0.05, 0.1) is 0 Å². The van der Waals surface area contributed by atoms with Crippen LogP contribution >= 0.6 is 0 Å². The zero-order valence-electron chi connectivity index (χ0n) is 22.3. The topological polar surface area (TPSA) is 46.6 Å². The molecular weight excluding hydrogens is 516 g/mol. The van der Waals surface area contributed by atoms with Crippen molar-refractivity contribution in [3.05, 3.63) is 65.3 Å². The summed E-state index contributed by atoms with van der Waals surface area (Å²) in [6.45, 7) is 23.9. The second-order valence-corrected chi connectivity index (χ2v) is 10.2. The van der Waals surface area contributed by atoms with Gasteiger partial charge >= 0.3 is 22.4 Å². The van der Waals surface area contributed by atoms with Crippen molar-refractivity contribution >= 4 is 17.3 Å². The van der Waals surface area contributed by atoms with E-state index >= 15 is 0 Å². The van der Waals surface area contributed by atoms with Crippen molar-refractivity contribution in [2.24, 2.45) is 0 Å². The quantitative estimate of drug-likeness (QED) is 0.386. The fraction of sp³-hybridized carbons (Fsp3) is 0.517. The molecule has 0 atom stereocenters. The zero-order chi connectivity index (χ0) is 24.9. The number of benzene rings is 2. The molecule has 4 nitrogen and oxygen atoms in total. The molecule has 1 aliphatic heterocycles. The predicted molar refractivity (Wildman–Crippen MR) is 139 cm³/mol. The van der Waals surface area contributed by atoms with Gasteiger partial charge < -0.3 is 19.7 Å². The molecule has 0 amide bonds. The van der Waals surface area contributed by atoms with E-state index in [-0.39, 0.29) is 22.4 Å². The van der Waals surface area contributed by atoms with Crippen molar-refractivity contribution in [1.82, 2.24) is 0 Å². The van der Waals surface area contributed by atoms with E-state index in [0.717, 1.165) is 20.0 Å². The molecule has 0 N–H and O–H groups in total. The van der Waals surface area contributed by atoms with E-state index in [4.69, 9.17) is 9.90 Å². The summed E-state index contributed by atoms with van der Waals surface area (Å²) in [5.74, 6) is 0.973. The van der Waals surface area contributed by atoms with Gasteiger partial charge in [-0.1, -0.05) is 91.8 Å². The maximum absolute atomic E-state index is 8.89. The molecule has 1 fully saturated rings. The van der Waals surface area contributed by atoms with Gasteiger partial charge in [-0.15, -0.1) is 0 Å². The normalized spacial score (nSPS) is 13.4. The molecule has 3 rings (SSSR count). The molecule has 1 aliphatic rings. The molecule has 0 unspecified atom stereocenters. The van der Waals surface area contributed by atoms with Crippen LogP contribution in [-0.4, -0.2) is 19.1 Å². The molecule has 0 aliphatic carbocycles. The first kappa shape index (κ1) is 30.3. The molecule has 0 bridgehead atoms. The first-order valence-corrected chi connectivity index (χ1v) is 12.3. The number of hydrogen-bond acceptors (Lipinski definition) is 4. The van der Waals surface area contributed by atoms with Crippen LogP contribution in [0.5, 0.6) is 0 Å². The Kier molecular flexibility index (Phi) is 11.9. The van der Waals surface area contributed by atoms with Crippen LogP contribution in [0.1, 0.15) is 108 Å². The molecule has 1 saturated heterocycles. The van der Waals surface area contributed by atoms with Crippen LogP contribution in [0.2, 0.25) is 0 Å². The Balaban J connectivity index is 0.00000107. The van der Waals surface area contributed by atoms with Crippen LogP contribution in [-0.2, 0) is 27.2 Å². The van der Waals surface area contributed by atoms with E-state index in [2.05, 4.69) is 108 Å². The third-order valence-electron chi connectivity index (χ3n) is 6.12. The molecule has 0 saturated carbocycles. The van der Waals surface area contributed by atoms with Crippen molar-refractivity contribution in [1.29, 1.82) is 0 Å². The molecular formula is C29H42AgN2O2. The molecule has 191 valence electrons. The van der Waals surface area contributed by atoms with E-state index in [9.17, 15) is 0 Å². The molecule has 5 heteroatoms. The fourth-order valence-electron chi connectivity index (χ4n) is 4.53. The summed E-state index contributed by atoms with van der Waals surface area (Å²) < 4.78 is 0. The van der Waals surface area contributed by atoms with Crippen LogP contribution in [0, 0.1) is 6.67 Å². The second-order valence-electron chi connectivity index (χ2n) is 10.2. The predicted octanol–water partition coefficient (Wildman–Crippen LogP) is 6.38. The minimum absolute atomic E-state index is 0. The number of nitrogens with zero attached hydrogens (tertiary/aromatic N) is 2. The Bertz CT molecular complexity index is 812. The van der Waals surface area contributed by atoms with Crippen LogP contribution in [0.3, 0.4) is 0 Å². The Hall–Kier alpha value is -1.75. The Morgan fingerprint density at radius 2 is 0.912 bits per heavy atom. The fourth-order valence-corrected chi connectivity index (χ4v) is 4.53. The smallest absolute Gasteiger partial charge is 0.550 e. The number of hydrogen-bond donors (Lipinski definition) is 0. The molecule has 0 aromatic heterocycles. The monoisotopic (exact) mass is 557 g/mol. The van der Waals surface area contributed by atoms with Gasteiger partial charge in [-0.25, -0.2) is 0 Å². The number of carboxylic acid groups (broad SMARTS) is 1. The summed E-state index contributed by atoms with van der Waals surface area (Å²) in [4.78, 5) is 13.9. The van der Waals surface area contributed by atoms with Crippen molar-refractivity contribution in [2.75, 3.05) is 22.9 Å². The summed E-state index contributed by atoms with van der Waals surface area (Å²) in [6, 6.07) is 13.7. The first-order chi connectivity index (χ1) is 15.5. The number of rotatable bonds is 6. The van der Waals surface area contributed by atoms with E-state index in [1.807, 2.05) is 0 Å². The van der Waals surface area contributed by atoms with Crippen LogP contribution in [0.4, 0.5) is 11.4 Å². The Labute approximate surface area is 223 Å². The maximum atomic E-state index is 8.89. The molecule has 34 heavy (non-hydrogen) atoms. The van der Waals surface area contributed by atoms with Gasteiger partial charge in [0.25, 0.3) is 0 Å². The molecule has 1 heterocycles. The number of carboxylic acids is 1. The van der Waals surface area contributed by atoms with Crippen molar-refractivity contribution in [3.63, 3.8) is 0 Å². The molecule has 2 aromatic rings. The van der Waals surface area contributed by atoms with Crippen molar-refractivity contribution in [2.45, 2.75) is 86.0 Å². The van der Waals surface area contributed by atoms with Gasteiger partial charge in [-0.2, -0.15) is 0 Å². The summed E-state index contributed by atoms with van der Waals surface area (Å²) >= 11 is 0. The average Bonchev–Trinajstić information content (AvgIpc) is 3.21. The number of carbonyl (C=O) groups is 1. The minimum atomic E-state index is -1.08. The van der Waals surface area contributed by atoms with Crippen LogP contribution in [0.25, 0.3) is 0 Å². The van der Waals surface area contributed by atoms with E-state index in [1.54, 1.807) is 0 Å². The van der Waals surface area contributed by atoms with E-state index < -0.39 is 5.97 Å². The Morgan fingerprint density at radius 1 is 0.676 bits per heavy atom. The van der Waals surface area contributed by atoms with Gasteiger partial charge in [0.15, 0.2) is 0 Å². The van der Waals surface area contributed by atoms with Crippen molar-refractivity contribution in [3.8, 4) is 0 Å². The number of para-hydroxylation sites is 2.